The fourth-order valence-electron chi connectivity index (χ4n) is 3.47. The topological polar surface area (TPSA) is 57.7 Å². The van der Waals surface area contributed by atoms with Gasteiger partial charge >= 0.3 is 0 Å². The molecule has 0 aliphatic carbocycles. The molecule has 3 rings (SSSR count). The SMILES string of the molecule is CN(Cc1cccc(F)c1)C(=O)C1CCN(S(=O)(=O)C=Cc2ccccc2)CC1. The van der Waals surface area contributed by atoms with Gasteiger partial charge in [-0.05, 0) is 42.2 Å². The van der Waals surface area contributed by atoms with Crippen LogP contribution in [0.4, 0.5) is 4.39 Å². The van der Waals surface area contributed by atoms with Crippen LogP contribution in [0.2, 0.25) is 0 Å². The standard InChI is InChI=1S/C22H25FN2O3S/c1-24(17-19-8-5-9-21(23)16-19)22(26)20-10-13-25(14-11-20)29(27,28)15-12-18-6-3-2-4-7-18/h2-9,12,15-16,20H,10-11,13-14,17H2,1H3. The van der Waals surface area contributed by atoms with Crippen LogP contribution in [0.1, 0.15) is 24.0 Å². The molecule has 1 aliphatic heterocycles. The van der Waals surface area contributed by atoms with Gasteiger partial charge in [0.2, 0.25) is 15.9 Å². The lowest BCUT2D eigenvalue weighted by molar-refractivity contribution is -0.135. The maximum atomic E-state index is 13.3. The summed E-state index contributed by atoms with van der Waals surface area (Å²) in [5.41, 5.74) is 1.55. The van der Waals surface area contributed by atoms with Crippen LogP contribution in [-0.2, 0) is 21.4 Å². The molecule has 2 aromatic rings. The fraction of sp³-hybridized carbons (Fsp3) is 0.318. The molecular formula is C22H25FN2O3S. The minimum atomic E-state index is -3.52. The van der Waals surface area contributed by atoms with Crippen LogP contribution >= 0.6 is 0 Å². The predicted molar refractivity (Wildman–Crippen MR) is 112 cm³/mol. The number of halogens is 1. The number of amides is 1. The summed E-state index contributed by atoms with van der Waals surface area (Å²) in [7, 11) is -1.82. The summed E-state index contributed by atoms with van der Waals surface area (Å²) >= 11 is 0. The van der Waals surface area contributed by atoms with Gasteiger partial charge in [0.15, 0.2) is 0 Å². The van der Waals surface area contributed by atoms with Crippen LogP contribution in [0.3, 0.4) is 0 Å². The molecule has 5 nitrogen and oxygen atoms in total. The third kappa shape index (κ3) is 5.74. The minimum Gasteiger partial charge on any atom is -0.341 e. The van der Waals surface area contributed by atoms with Crippen LogP contribution in [0.25, 0.3) is 6.08 Å². The average Bonchev–Trinajstić information content (AvgIpc) is 2.72. The maximum absolute atomic E-state index is 13.3. The van der Waals surface area contributed by atoms with Gasteiger partial charge in [-0.1, -0.05) is 42.5 Å². The van der Waals surface area contributed by atoms with Gasteiger partial charge < -0.3 is 4.90 Å². The van der Waals surface area contributed by atoms with Crippen molar-refractivity contribution >= 4 is 22.0 Å². The van der Waals surface area contributed by atoms with Crippen LogP contribution in [-0.4, -0.2) is 43.7 Å². The predicted octanol–water partition coefficient (Wildman–Crippen LogP) is 3.50. The molecule has 1 saturated heterocycles. The molecule has 29 heavy (non-hydrogen) atoms. The number of carbonyl (C=O) groups excluding carboxylic acids is 1. The van der Waals surface area contributed by atoms with Gasteiger partial charge in [-0.3, -0.25) is 4.79 Å². The van der Waals surface area contributed by atoms with E-state index in [1.54, 1.807) is 30.2 Å². The van der Waals surface area contributed by atoms with Gasteiger partial charge in [0.05, 0.1) is 0 Å². The Bertz CT molecular complexity index is 969. The van der Waals surface area contributed by atoms with Crippen molar-refractivity contribution in [2.75, 3.05) is 20.1 Å². The Morgan fingerprint density at radius 3 is 2.48 bits per heavy atom. The van der Waals surface area contributed by atoms with E-state index >= 15 is 0 Å². The zero-order chi connectivity index (χ0) is 20.9. The van der Waals surface area contributed by atoms with E-state index in [-0.39, 0.29) is 17.6 Å². The van der Waals surface area contributed by atoms with Crippen molar-refractivity contribution < 1.29 is 17.6 Å². The van der Waals surface area contributed by atoms with E-state index in [0.29, 0.717) is 32.5 Å². The number of piperidine rings is 1. The molecule has 1 amide bonds. The van der Waals surface area contributed by atoms with Crippen molar-refractivity contribution in [3.8, 4) is 0 Å². The highest BCUT2D eigenvalue weighted by atomic mass is 32.2. The average molecular weight is 417 g/mol. The molecule has 1 aliphatic rings. The first-order valence-corrected chi connectivity index (χ1v) is 11.1. The number of hydrogen-bond donors (Lipinski definition) is 0. The molecule has 2 aromatic carbocycles. The Labute approximate surface area is 171 Å². The van der Waals surface area contributed by atoms with Gasteiger partial charge in [-0.15, -0.1) is 0 Å². The van der Waals surface area contributed by atoms with Gasteiger partial charge in [0, 0.05) is 38.0 Å². The number of hydrogen-bond acceptors (Lipinski definition) is 3. The molecule has 0 unspecified atom stereocenters. The molecular weight excluding hydrogens is 391 g/mol. The Hall–Kier alpha value is -2.51. The number of rotatable bonds is 6. The second-order valence-electron chi connectivity index (χ2n) is 7.26. The lowest BCUT2D eigenvalue weighted by atomic mass is 9.96. The molecule has 0 bridgehead atoms. The summed E-state index contributed by atoms with van der Waals surface area (Å²) in [6, 6.07) is 15.4. The highest BCUT2D eigenvalue weighted by Gasteiger charge is 2.31. The van der Waals surface area contributed by atoms with E-state index < -0.39 is 10.0 Å². The first kappa shape index (κ1) is 21.2. The minimum absolute atomic E-state index is 0.0360. The molecule has 0 N–H and O–H groups in total. The van der Waals surface area contributed by atoms with Crippen molar-refractivity contribution in [2.45, 2.75) is 19.4 Å². The summed E-state index contributed by atoms with van der Waals surface area (Å²) in [6.45, 7) is 0.951. The summed E-state index contributed by atoms with van der Waals surface area (Å²) < 4.78 is 39.8. The Balaban J connectivity index is 1.55. The normalized spacial score (nSPS) is 16.2. The first-order valence-electron chi connectivity index (χ1n) is 9.58. The molecule has 0 saturated carbocycles. The second kappa shape index (κ2) is 9.33. The molecule has 1 heterocycles. The number of sulfonamides is 1. The third-order valence-corrected chi connectivity index (χ3v) is 6.65. The number of benzene rings is 2. The molecule has 1 fully saturated rings. The lowest BCUT2D eigenvalue weighted by Crippen LogP contribution is -2.42. The van der Waals surface area contributed by atoms with Crippen LogP contribution < -0.4 is 0 Å². The van der Waals surface area contributed by atoms with E-state index in [4.69, 9.17) is 0 Å². The second-order valence-corrected chi connectivity index (χ2v) is 9.07. The van der Waals surface area contributed by atoms with E-state index in [9.17, 15) is 17.6 Å². The first-order chi connectivity index (χ1) is 13.8. The number of nitrogens with zero attached hydrogens (tertiary/aromatic N) is 2. The van der Waals surface area contributed by atoms with Gasteiger partial charge in [0.25, 0.3) is 0 Å². The number of carbonyl (C=O) groups is 1. The van der Waals surface area contributed by atoms with Gasteiger partial charge in [-0.2, -0.15) is 4.31 Å². The van der Waals surface area contributed by atoms with Gasteiger partial charge in [0.1, 0.15) is 5.82 Å². The van der Waals surface area contributed by atoms with Crippen LogP contribution in [0.5, 0.6) is 0 Å². The van der Waals surface area contributed by atoms with E-state index in [1.165, 1.54) is 21.8 Å². The zero-order valence-electron chi connectivity index (χ0n) is 16.4. The van der Waals surface area contributed by atoms with Crippen molar-refractivity contribution in [1.82, 2.24) is 9.21 Å². The van der Waals surface area contributed by atoms with Crippen molar-refractivity contribution in [3.63, 3.8) is 0 Å². The van der Waals surface area contributed by atoms with Crippen molar-refractivity contribution in [1.29, 1.82) is 0 Å². The van der Waals surface area contributed by atoms with E-state index in [1.807, 2.05) is 30.3 Å². The van der Waals surface area contributed by atoms with E-state index in [2.05, 4.69) is 0 Å². The molecule has 0 spiro atoms. The highest BCUT2D eigenvalue weighted by molar-refractivity contribution is 7.92. The van der Waals surface area contributed by atoms with Crippen LogP contribution in [0, 0.1) is 11.7 Å². The lowest BCUT2D eigenvalue weighted by Gasteiger charge is -2.32. The largest absolute Gasteiger partial charge is 0.341 e. The summed E-state index contributed by atoms with van der Waals surface area (Å²) in [5, 5.41) is 1.22. The quantitative estimate of drug-likeness (QED) is 0.724. The molecule has 0 atom stereocenters. The summed E-state index contributed by atoms with van der Waals surface area (Å²) in [6.07, 6.45) is 2.54. The monoisotopic (exact) mass is 416 g/mol. The highest BCUT2D eigenvalue weighted by Crippen LogP contribution is 2.23. The molecule has 0 aromatic heterocycles. The van der Waals surface area contributed by atoms with Crippen LogP contribution in [0.15, 0.2) is 60.0 Å². The molecule has 7 heteroatoms. The van der Waals surface area contributed by atoms with E-state index in [0.717, 1.165) is 11.1 Å². The van der Waals surface area contributed by atoms with Crippen molar-refractivity contribution in [2.24, 2.45) is 5.92 Å². The third-order valence-electron chi connectivity index (χ3n) is 5.08. The fourth-order valence-corrected chi connectivity index (χ4v) is 4.69. The maximum Gasteiger partial charge on any atom is 0.236 e. The summed E-state index contributed by atoms with van der Waals surface area (Å²) in [4.78, 5) is 14.3. The smallest absolute Gasteiger partial charge is 0.236 e. The van der Waals surface area contributed by atoms with Crippen molar-refractivity contribution in [3.05, 3.63) is 76.9 Å². The molecule has 0 radical (unpaired) electrons. The Morgan fingerprint density at radius 1 is 1.14 bits per heavy atom. The Morgan fingerprint density at radius 2 is 1.83 bits per heavy atom. The van der Waals surface area contributed by atoms with Gasteiger partial charge in [-0.25, -0.2) is 12.8 Å². The zero-order valence-corrected chi connectivity index (χ0v) is 17.2. The molecule has 154 valence electrons. The Kier molecular flexibility index (Phi) is 6.82. The summed E-state index contributed by atoms with van der Waals surface area (Å²) in [5.74, 6) is -0.588.